The van der Waals surface area contributed by atoms with Crippen LogP contribution in [-0.4, -0.2) is 18.6 Å². The summed E-state index contributed by atoms with van der Waals surface area (Å²) >= 11 is 0. The van der Waals surface area contributed by atoms with Crippen LogP contribution in [0.4, 0.5) is 5.69 Å². The van der Waals surface area contributed by atoms with Crippen molar-refractivity contribution in [1.29, 1.82) is 0 Å². The lowest BCUT2D eigenvalue weighted by molar-refractivity contribution is 0.573. The van der Waals surface area contributed by atoms with Gasteiger partial charge in [0, 0.05) is 44.3 Å². The summed E-state index contributed by atoms with van der Waals surface area (Å²) in [7, 11) is 2.16. The third kappa shape index (κ3) is 2.68. The molecule has 0 saturated carbocycles. The van der Waals surface area contributed by atoms with Crippen LogP contribution in [0.5, 0.6) is 0 Å². The summed E-state index contributed by atoms with van der Waals surface area (Å²) in [6.45, 7) is 4.21. The number of rotatable bonds is 4. The van der Waals surface area contributed by atoms with Crippen molar-refractivity contribution in [3.05, 3.63) is 59.4 Å². The number of fused-ring (bicyclic) bond motifs is 1. The van der Waals surface area contributed by atoms with Gasteiger partial charge in [-0.05, 0) is 42.2 Å². The van der Waals surface area contributed by atoms with Gasteiger partial charge in [0.1, 0.15) is 0 Å². The number of anilines is 1. The van der Waals surface area contributed by atoms with Crippen LogP contribution in [0.3, 0.4) is 0 Å². The van der Waals surface area contributed by atoms with Crippen molar-refractivity contribution in [2.24, 2.45) is 0 Å². The number of likely N-dealkylation sites (N-methyl/N-ethyl adjacent to an activating group) is 1. The smallest absolute Gasteiger partial charge is 0.0397 e. The molecule has 1 aromatic carbocycles. The molecule has 1 aliphatic rings. The molecular formula is C17H21N3. The van der Waals surface area contributed by atoms with Gasteiger partial charge in [-0.15, -0.1) is 0 Å². The summed E-state index contributed by atoms with van der Waals surface area (Å²) in [5.41, 5.74) is 5.44. The second-order valence-corrected chi connectivity index (χ2v) is 5.52. The number of hydrogen-bond acceptors (Lipinski definition) is 3. The van der Waals surface area contributed by atoms with Crippen molar-refractivity contribution in [3.63, 3.8) is 0 Å². The largest absolute Gasteiger partial charge is 0.374 e. The second kappa shape index (κ2) is 5.63. The molecule has 0 radical (unpaired) electrons. The Labute approximate surface area is 120 Å². The summed E-state index contributed by atoms with van der Waals surface area (Å²) in [4.78, 5) is 6.50. The maximum atomic E-state index is 4.17. The van der Waals surface area contributed by atoms with E-state index in [9.17, 15) is 0 Å². The molecule has 0 bridgehead atoms. The van der Waals surface area contributed by atoms with Gasteiger partial charge >= 0.3 is 0 Å². The highest BCUT2D eigenvalue weighted by Gasteiger charge is 2.15. The number of nitrogens with one attached hydrogen (secondary N) is 1. The van der Waals surface area contributed by atoms with E-state index in [2.05, 4.69) is 53.4 Å². The Bertz CT molecular complexity index is 580. The Kier molecular flexibility index (Phi) is 3.70. The fourth-order valence-electron chi connectivity index (χ4n) is 2.75. The normalized spacial score (nSPS) is 15.2. The first kappa shape index (κ1) is 13.1. The SMILES string of the molecule is CC(NCc1ccc2c(c1)CCN2C)c1cccnc1. The van der Waals surface area contributed by atoms with Gasteiger partial charge in [0.15, 0.2) is 0 Å². The molecule has 2 aromatic rings. The standard InChI is InChI=1S/C17H21N3/c1-13(16-4-3-8-18-12-16)19-11-14-5-6-17-15(10-14)7-9-20(17)2/h3-6,8,10,12-13,19H,7,9,11H2,1-2H3. The van der Waals surface area contributed by atoms with Gasteiger partial charge < -0.3 is 10.2 Å². The highest BCUT2D eigenvalue weighted by molar-refractivity contribution is 5.58. The lowest BCUT2D eigenvalue weighted by Crippen LogP contribution is -2.18. The molecule has 3 rings (SSSR count). The van der Waals surface area contributed by atoms with E-state index in [1.807, 2.05) is 18.5 Å². The number of nitrogens with zero attached hydrogens (tertiary/aromatic N) is 2. The molecule has 1 N–H and O–H groups in total. The van der Waals surface area contributed by atoms with E-state index < -0.39 is 0 Å². The third-order valence-corrected chi connectivity index (χ3v) is 4.07. The molecule has 1 unspecified atom stereocenters. The van der Waals surface area contributed by atoms with E-state index in [0.29, 0.717) is 6.04 Å². The first-order valence-corrected chi connectivity index (χ1v) is 7.20. The first-order valence-electron chi connectivity index (χ1n) is 7.20. The average Bonchev–Trinajstić information content (AvgIpc) is 2.87. The monoisotopic (exact) mass is 267 g/mol. The van der Waals surface area contributed by atoms with Crippen molar-refractivity contribution in [3.8, 4) is 0 Å². The van der Waals surface area contributed by atoms with Crippen molar-refractivity contribution in [2.45, 2.75) is 25.9 Å². The summed E-state index contributed by atoms with van der Waals surface area (Å²) < 4.78 is 0. The highest BCUT2D eigenvalue weighted by atomic mass is 15.1. The molecule has 1 aromatic heterocycles. The van der Waals surface area contributed by atoms with Crippen molar-refractivity contribution >= 4 is 5.69 Å². The van der Waals surface area contributed by atoms with Gasteiger partial charge in [0.2, 0.25) is 0 Å². The molecule has 0 aliphatic carbocycles. The molecule has 0 spiro atoms. The van der Waals surface area contributed by atoms with Gasteiger partial charge in [0.05, 0.1) is 0 Å². The molecular weight excluding hydrogens is 246 g/mol. The van der Waals surface area contributed by atoms with Gasteiger partial charge in [-0.2, -0.15) is 0 Å². The molecule has 2 heterocycles. The molecule has 3 nitrogen and oxygen atoms in total. The van der Waals surface area contributed by atoms with Crippen molar-refractivity contribution in [1.82, 2.24) is 10.3 Å². The van der Waals surface area contributed by atoms with E-state index in [4.69, 9.17) is 0 Å². The minimum atomic E-state index is 0.319. The van der Waals surface area contributed by atoms with E-state index in [1.54, 1.807) is 0 Å². The Morgan fingerprint density at radius 1 is 1.35 bits per heavy atom. The Morgan fingerprint density at radius 2 is 2.25 bits per heavy atom. The van der Waals surface area contributed by atoms with Crippen LogP contribution in [0.25, 0.3) is 0 Å². The quantitative estimate of drug-likeness (QED) is 0.923. The average molecular weight is 267 g/mol. The highest BCUT2D eigenvalue weighted by Crippen LogP contribution is 2.27. The third-order valence-electron chi connectivity index (χ3n) is 4.07. The predicted molar refractivity (Wildman–Crippen MR) is 82.9 cm³/mol. The molecule has 20 heavy (non-hydrogen) atoms. The maximum Gasteiger partial charge on any atom is 0.0397 e. The molecule has 1 atom stereocenters. The zero-order valence-electron chi connectivity index (χ0n) is 12.1. The van der Waals surface area contributed by atoms with Crippen molar-refractivity contribution < 1.29 is 0 Å². The van der Waals surface area contributed by atoms with Crippen molar-refractivity contribution in [2.75, 3.05) is 18.5 Å². The number of hydrogen-bond donors (Lipinski definition) is 1. The fraction of sp³-hybridized carbons (Fsp3) is 0.353. The van der Waals surface area contributed by atoms with E-state index >= 15 is 0 Å². The molecule has 0 amide bonds. The van der Waals surface area contributed by atoms with Gasteiger partial charge in [-0.25, -0.2) is 0 Å². The Hall–Kier alpha value is -1.87. The summed E-state index contributed by atoms with van der Waals surface area (Å²) in [6.07, 6.45) is 4.90. The lowest BCUT2D eigenvalue weighted by atomic mass is 10.1. The zero-order chi connectivity index (χ0) is 13.9. The second-order valence-electron chi connectivity index (χ2n) is 5.52. The number of benzene rings is 1. The molecule has 104 valence electrons. The van der Waals surface area contributed by atoms with Crippen LogP contribution < -0.4 is 10.2 Å². The van der Waals surface area contributed by atoms with Gasteiger partial charge in [0.25, 0.3) is 0 Å². The van der Waals surface area contributed by atoms with E-state index in [-0.39, 0.29) is 0 Å². The summed E-state index contributed by atoms with van der Waals surface area (Å²) in [5, 5.41) is 3.56. The van der Waals surface area contributed by atoms with Crippen LogP contribution in [-0.2, 0) is 13.0 Å². The fourth-order valence-corrected chi connectivity index (χ4v) is 2.75. The molecule has 0 saturated heterocycles. The van der Waals surface area contributed by atoms with Crippen LogP contribution in [0.2, 0.25) is 0 Å². The van der Waals surface area contributed by atoms with Crippen LogP contribution >= 0.6 is 0 Å². The molecule has 1 aliphatic heterocycles. The van der Waals surface area contributed by atoms with Gasteiger partial charge in [-0.3, -0.25) is 4.98 Å². The first-order chi connectivity index (χ1) is 9.74. The van der Waals surface area contributed by atoms with E-state index in [0.717, 1.165) is 19.5 Å². The maximum absolute atomic E-state index is 4.17. The predicted octanol–water partition coefficient (Wildman–Crippen LogP) is 2.92. The zero-order valence-corrected chi connectivity index (χ0v) is 12.1. The van der Waals surface area contributed by atoms with Crippen LogP contribution in [0.15, 0.2) is 42.7 Å². The number of aromatic nitrogens is 1. The topological polar surface area (TPSA) is 28.2 Å². The van der Waals surface area contributed by atoms with Gasteiger partial charge in [-0.1, -0.05) is 18.2 Å². The van der Waals surface area contributed by atoms with Crippen LogP contribution in [0, 0.1) is 0 Å². The minimum absolute atomic E-state index is 0.319. The summed E-state index contributed by atoms with van der Waals surface area (Å²) in [5.74, 6) is 0. The Balaban J connectivity index is 1.64. The molecule has 0 fully saturated rings. The number of pyridine rings is 1. The van der Waals surface area contributed by atoms with Crippen LogP contribution in [0.1, 0.15) is 29.7 Å². The summed E-state index contributed by atoms with van der Waals surface area (Å²) in [6, 6.07) is 11.2. The lowest BCUT2D eigenvalue weighted by Gasteiger charge is -2.15. The minimum Gasteiger partial charge on any atom is -0.374 e. The van der Waals surface area contributed by atoms with E-state index in [1.165, 1.54) is 22.4 Å². The Morgan fingerprint density at radius 3 is 3.05 bits per heavy atom. The molecule has 3 heteroatoms.